The Morgan fingerprint density at radius 1 is 1.28 bits per heavy atom. The maximum absolute atomic E-state index is 12.3. The molecule has 0 bridgehead atoms. The second-order valence-electron chi connectivity index (χ2n) is 5.86. The molecule has 1 aromatic rings. The van der Waals surface area contributed by atoms with Gasteiger partial charge in [-0.3, -0.25) is 4.79 Å². The van der Waals surface area contributed by atoms with E-state index < -0.39 is 0 Å². The summed E-state index contributed by atoms with van der Waals surface area (Å²) in [6, 6.07) is 6.11. The van der Waals surface area contributed by atoms with Crippen LogP contribution < -0.4 is 4.74 Å². The van der Waals surface area contributed by atoms with Crippen molar-refractivity contribution in [3.05, 3.63) is 29.3 Å². The molecule has 1 aliphatic rings. The molecule has 2 rings (SSSR count). The highest BCUT2D eigenvalue weighted by Crippen LogP contribution is 2.26. The number of methoxy groups -OCH3 is 1. The maximum atomic E-state index is 12.3. The van der Waals surface area contributed by atoms with Gasteiger partial charge in [-0.1, -0.05) is 26.8 Å². The fraction of sp³-hybridized carbons (Fsp3) is 0.533. The van der Waals surface area contributed by atoms with E-state index in [4.69, 9.17) is 4.74 Å². The van der Waals surface area contributed by atoms with Crippen LogP contribution in [0.25, 0.3) is 0 Å². The lowest BCUT2D eigenvalue weighted by Crippen LogP contribution is -2.42. The highest BCUT2D eigenvalue weighted by molar-refractivity contribution is 5.81. The Kier molecular flexibility index (Phi) is 3.33. The van der Waals surface area contributed by atoms with Gasteiger partial charge < -0.3 is 9.64 Å². The fourth-order valence-corrected chi connectivity index (χ4v) is 2.30. The summed E-state index contributed by atoms with van der Waals surface area (Å²) in [7, 11) is 1.68. The minimum atomic E-state index is -0.302. The first-order valence-electron chi connectivity index (χ1n) is 6.37. The van der Waals surface area contributed by atoms with Crippen molar-refractivity contribution in [1.82, 2.24) is 4.90 Å². The quantitative estimate of drug-likeness (QED) is 0.763. The van der Waals surface area contributed by atoms with Crippen molar-refractivity contribution >= 4 is 5.91 Å². The summed E-state index contributed by atoms with van der Waals surface area (Å²) in [5.74, 6) is 1.12. The van der Waals surface area contributed by atoms with Gasteiger partial charge in [0.25, 0.3) is 0 Å². The summed E-state index contributed by atoms with van der Waals surface area (Å²) in [4.78, 5) is 14.2. The molecule has 18 heavy (non-hydrogen) atoms. The minimum Gasteiger partial charge on any atom is -0.497 e. The topological polar surface area (TPSA) is 29.5 Å². The number of carbonyl (C=O) groups is 1. The molecule has 0 saturated carbocycles. The lowest BCUT2D eigenvalue weighted by atomic mass is 9.92. The lowest BCUT2D eigenvalue weighted by Gasteiger charge is -2.33. The normalized spacial score (nSPS) is 15.2. The van der Waals surface area contributed by atoms with E-state index in [2.05, 4.69) is 12.1 Å². The molecule has 0 radical (unpaired) electrons. The SMILES string of the molecule is COc1ccc2c(c1)CCN(C(=O)C(C)(C)C)C2. The van der Waals surface area contributed by atoms with Gasteiger partial charge in [-0.25, -0.2) is 0 Å². The van der Waals surface area contributed by atoms with Gasteiger partial charge in [-0.05, 0) is 29.7 Å². The Bertz CT molecular complexity index is 460. The van der Waals surface area contributed by atoms with Crippen molar-refractivity contribution in [2.24, 2.45) is 5.41 Å². The number of hydrogen-bond donors (Lipinski definition) is 0. The van der Waals surface area contributed by atoms with Gasteiger partial charge in [0.05, 0.1) is 7.11 Å². The van der Waals surface area contributed by atoms with Gasteiger partial charge in [0, 0.05) is 18.5 Å². The van der Waals surface area contributed by atoms with E-state index in [9.17, 15) is 4.79 Å². The van der Waals surface area contributed by atoms with Crippen LogP contribution in [0, 0.1) is 5.41 Å². The molecular weight excluding hydrogens is 226 g/mol. The smallest absolute Gasteiger partial charge is 0.228 e. The van der Waals surface area contributed by atoms with E-state index in [-0.39, 0.29) is 11.3 Å². The van der Waals surface area contributed by atoms with Crippen LogP contribution in [0.4, 0.5) is 0 Å². The molecule has 3 heteroatoms. The average molecular weight is 247 g/mol. The number of fused-ring (bicyclic) bond motifs is 1. The van der Waals surface area contributed by atoms with E-state index >= 15 is 0 Å². The highest BCUT2D eigenvalue weighted by atomic mass is 16.5. The van der Waals surface area contributed by atoms with Gasteiger partial charge in [0.2, 0.25) is 5.91 Å². The Morgan fingerprint density at radius 2 is 2.00 bits per heavy atom. The third-order valence-corrected chi connectivity index (χ3v) is 3.35. The number of hydrogen-bond acceptors (Lipinski definition) is 2. The Morgan fingerprint density at radius 3 is 2.61 bits per heavy atom. The molecular formula is C15H21NO2. The molecule has 1 heterocycles. The zero-order valence-electron chi connectivity index (χ0n) is 11.6. The van der Waals surface area contributed by atoms with Crippen LogP contribution in [-0.4, -0.2) is 24.5 Å². The summed E-state index contributed by atoms with van der Waals surface area (Å²) in [6.45, 7) is 7.43. The average Bonchev–Trinajstić information content (AvgIpc) is 2.35. The molecule has 0 aromatic heterocycles. The summed E-state index contributed by atoms with van der Waals surface area (Å²) < 4.78 is 5.23. The van der Waals surface area contributed by atoms with Crippen LogP contribution in [0.1, 0.15) is 31.9 Å². The van der Waals surface area contributed by atoms with Crippen molar-refractivity contribution in [1.29, 1.82) is 0 Å². The van der Waals surface area contributed by atoms with Crippen molar-refractivity contribution in [3.8, 4) is 5.75 Å². The number of benzene rings is 1. The maximum Gasteiger partial charge on any atom is 0.228 e. The number of amides is 1. The predicted octanol–water partition coefficient (Wildman–Crippen LogP) is 2.63. The van der Waals surface area contributed by atoms with Gasteiger partial charge in [-0.15, -0.1) is 0 Å². The number of ether oxygens (including phenoxy) is 1. The molecule has 0 atom stereocenters. The second-order valence-corrected chi connectivity index (χ2v) is 5.86. The predicted molar refractivity (Wildman–Crippen MR) is 71.6 cm³/mol. The largest absolute Gasteiger partial charge is 0.497 e. The zero-order chi connectivity index (χ0) is 13.3. The molecule has 0 fully saturated rings. The number of carbonyl (C=O) groups excluding carboxylic acids is 1. The summed E-state index contributed by atoms with van der Waals surface area (Å²) in [5, 5.41) is 0. The Hall–Kier alpha value is -1.51. The third-order valence-electron chi connectivity index (χ3n) is 3.35. The molecule has 0 saturated heterocycles. The molecule has 98 valence electrons. The second kappa shape index (κ2) is 4.63. The van der Waals surface area contributed by atoms with Crippen molar-refractivity contribution < 1.29 is 9.53 Å². The van der Waals surface area contributed by atoms with Crippen molar-refractivity contribution in [3.63, 3.8) is 0 Å². The fourth-order valence-electron chi connectivity index (χ4n) is 2.30. The van der Waals surface area contributed by atoms with Crippen molar-refractivity contribution in [2.45, 2.75) is 33.7 Å². The van der Waals surface area contributed by atoms with E-state index in [0.29, 0.717) is 0 Å². The Labute approximate surface area is 109 Å². The molecule has 0 aliphatic carbocycles. The molecule has 1 amide bonds. The van der Waals surface area contributed by atoms with Gasteiger partial charge >= 0.3 is 0 Å². The van der Waals surface area contributed by atoms with E-state index in [1.807, 2.05) is 31.7 Å². The first-order chi connectivity index (χ1) is 8.41. The first-order valence-corrected chi connectivity index (χ1v) is 6.37. The first kappa shape index (κ1) is 12.9. The highest BCUT2D eigenvalue weighted by Gasteiger charge is 2.29. The van der Waals surface area contributed by atoms with Gasteiger partial charge in [0.1, 0.15) is 5.75 Å². The monoisotopic (exact) mass is 247 g/mol. The third kappa shape index (κ3) is 2.50. The Balaban J connectivity index is 2.18. The molecule has 3 nitrogen and oxygen atoms in total. The zero-order valence-corrected chi connectivity index (χ0v) is 11.6. The summed E-state index contributed by atoms with van der Waals surface area (Å²) in [5.41, 5.74) is 2.23. The van der Waals surface area contributed by atoms with Crippen molar-refractivity contribution in [2.75, 3.05) is 13.7 Å². The van der Waals surface area contributed by atoms with Gasteiger partial charge in [-0.2, -0.15) is 0 Å². The molecule has 0 N–H and O–H groups in total. The summed E-state index contributed by atoms with van der Waals surface area (Å²) >= 11 is 0. The van der Waals surface area contributed by atoms with E-state index in [1.165, 1.54) is 11.1 Å². The van der Waals surface area contributed by atoms with E-state index in [0.717, 1.165) is 25.3 Å². The minimum absolute atomic E-state index is 0.226. The summed E-state index contributed by atoms with van der Waals surface area (Å²) in [6.07, 6.45) is 0.911. The van der Waals surface area contributed by atoms with Gasteiger partial charge in [0.15, 0.2) is 0 Å². The van der Waals surface area contributed by atoms with Crippen LogP contribution >= 0.6 is 0 Å². The van der Waals surface area contributed by atoms with Crippen LogP contribution in [0.5, 0.6) is 5.75 Å². The van der Waals surface area contributed by atoms with Crippen LogP contribution in [0.3, 0.4) is 0 Å². The van der Waals surface area contributed by atoms with Crippen LogP contribution in [0.15, 0.2) is 18.2 Å². The number of rotatable bonds is 1. The van der Waals surface area contributed by atoms with Crippen LogP contribution in [0.2, 0.25) is 0 Å². The number of nitrogens with zero attached hydrogens (tertiary/aromatic N) is 1. The molecule has 1 aromatic carbocycles. The lowest BCUT2D eigenvalue weighted by molar-refractivity contribution is -0.140. The molecule has 0 spiro atoms. The van der Waals surface area contributed by atoms with Crippen LogP contribution in [-0.2, 0) is 17.8 Å². The standard InChI is InChI=1S/C15H21NO2/c1-15(2,3)14(17)16-8-7-11-9-13(18-4)6-5-12(11)10-16/h5-6,9H,7-8,10H2,1-4H3. The van der Waals surface area contributed by atoms with E-state index in [1.54, 1.807) is 7.11 Å². The molecule has 0 unspecified atom stereocenters. The molecule has 1 aliphatic heterocycles.